The summed E-state index contributed by atoms with van der Waals surface area (Å²) in [5.74, 6) is 0. The van der Waals surface area contributed by atoms with E-state index in [0.29, 0.717) is 11.7 Å². The van der Waals surface area contributed by atoms with Crippen molar-refractivity contribution in [3.63, 3.8) is 0 Å². The van der Waals surface area contributed by atoms with Crippen molar-refractivity contribution in [3.05, 3.63) is 29.3 Å². The number of aryl methyl sites for hydroxylation is 2. The number of ether oxygens (including phenoxy) is 1. The molecule has 2 aliphatic heterocycles. The molecule has 29 heavy (non-hydrogen) atoms. The van der Waals surface area contributed by atoms with E-state index in [1.165, 1.54) is 0 Å². The first-order valence-electron chi connectivity index (χ1n) is 10.7. The lowest BCUT2D eigenvalue weighted by Gasteiger charge is -2.31. The van der Waals surface area contributed by atoms with Crippen LogP contribution < -0.4 is 10.6 Å². The maximum atomic E-state index is 13.1. The van der Waals surface area contributed by atoms with Crippen molar-refractivity contribution in [2.24, 2.45) is 0 Å². The third-order valence-corrected chi connectivity index (χ3v) is 5.89. The van der Waals surface area contributed by atoms with Crippen molar-refractivity contribution in [1.82, 2.24) is 20.2 Å². The van der Waals surface area contributed by atoms with Crippen LogP contribution in [0.2, 0.25) is 0 Å². The zero-order chi connectivity index (χ0) is 20.6. The number of nitrogens with one attached hydrogen (secondary N) is 2. The molecule has 1 aromatic carbocycles. The highest BCUT2D eigenvalue weighted by atomic mass is 32.1. The maximum Gasteiger partial charge on any atom is 0.340 e. The van der Waals surface area contributed by atoms with E-state index < -0.39 is 0 Å². The number of para-hydroxylation sites is 1. The van der Waals surface area contributed by atoms with Crippen LogP contribution in [0.5, 0.6) is 0 Å². The standard InChI is InChI=1S/C21H33N5O2S/c1-3-17-7-5-8-18(4-2)19(17)23-20(27)25-10-6-11-26(25)21(29)22-9-12-24-13-15-28-16-14-24/h5,7-8H,3-4,6,9-16H2,1-2H3,(H,22,29)(H,23,27). The summed E-state index contributed by atoms with van der Waals surface area (Å²) in [6, 6.07) is 6.10. The Morgan fingerprint density at radius 1 is 1.07 bits per heavy atom. The van der Waals surface area contributed by atoms with Gasteiger partial charge in [-0.25, -0.2) is 9.80 Å². The molecule has 3 rings (SSSR count). The van der Waals surface area contributed by atoms with Crippen molar-refractivity contribution in [3.8, 4) is 0 Å². The molecule has 2 heterocycles. The van der Waals surface area contributed by atoms with Crippen LogP contribution in [0, 0.1) is 0 Å². The topological polar surface area (TPSA) is 60.1 Å². The number of hydrazine groups is 1. The number of hydrogen-bond donors (Lipinski definition) is 2. The molecule has 2 saturated heterocycles. The van der Waals surface area contributed by atoms with E-state index >= 15 is 0 Å². The van der Waals surface area contributed by atoms with Gasteiger partial charge < -0.3 is 15.4 Å². The highest BCUT2D eigenvalue weighted by Crippen LogP contribution is 2.24. The van der Waals surface area contributed by atoms with Crippen LogP contribution in [0.3, 0.4) is 0 Å². The highest BCUT2D eigenvalue weighted by molar-refractivity contribution is 7.80. The third kappa shape index (κ3) is 5.58. The molecular weight excluding hydrogens is 386 g/mol. The molecule has 160 valence electrons. The lowest BCUT2D eigenvalue weighted by atomic mass is 10.0. The zero-order valence-electron chi connectivity index (χ0n) is 17.6. The molecule has 0 spiro atoms. The van der Waals surface area contributed by atoms with Gasteiger partial charge in [-0.3, -0.25) is 9.91 Å². The van der Waals surface area contributed by atoms with Gasteiger partial charge in [0.1, 0.15) is 0 Å². The first-order chi connectivity index (χ1) is 14.1. The Kier molecular flexibility index (Phi) is 8.09. The summed E-state index contributed by atoms with van der Waals surface area (Å²) in [5, 5.41) is 10.7. The lowest BCUT2D eigenvalue weighted by molar-refractivity contribution is 0.0387. The third-order valence-electron chi connectivity index (χ3n) is 5.54. The molecule has 7 nitrogen and oxygen atoms in total. The fourth-order valence-corrected chi connectivity index (χ4v) is 4.14. The molecule has 2 N–H and O–H groups in total. The molecule has 0 aliphatic carbocycles. The van der Waals surface area contributed by atoms with E-state index in [0.717, 1.165) is 82.0 Å². The molecule has 0 aromatic heterocycles. The lowest BCUT2D eigenvalue weighted by Crippen LogP contribution is -2.51. The fourth-order valence-electron chi connectivity index (χ4n) is 3.85. The number of rotatable bonds is 6. The van der Waals surface area contributed by atoms with Gasteiger partial charge in [0.25, 0.3) is 0 Å². The summed E-state index contributed by atoms with van der Waals surface area (Å²) in [4.78, 5) is 15.4. The van der Waals surface area contributed by atoms with Gasteiger partial charge in [0.15, 0.2) is 5.11 Å². The van der Waals surface area contributed by atoms with Gasteiger partial charge in [-0.15, -0.1) is 0 Å². The van der Waals surface area contributed by atoms with Crippen LogP contribution in [0.4, 0.5) is 10.5 Å². The molecule has 1 aromatic rings. The first kappa shape index (κ1) is 21.8. The van der Waals surface area contributed by atoms with Gasteiger partial charge in [-0.05, 0) is 42.6 Å². The number of morpholine rings is 1. The Balaban J connectivity index is 1.57. The SMILES string of the molecule is CCc1cccc(CC)c1NC(=O)N1CCCN1C(=S)NCCN1CCOCC1. The summed E-state index contributed by atoms with van der Waals surface area (Å²) < 4.78 is 5.38. The molecule has 2 fully saturated rings. The fraction of sp³-hybridized carbons (Fsp3) is 0.619. The Morgan fingerprint density at radius 3 is 2.38 bits per heavy atom. The number of carbonyl (C=O) groups excluding carboxylic acids is 1. The van der Waals surface area contributed by atoms with E-state index in [1.807, 2.05) is 5.01 Å². The molecule has 0 bridgehead atoms. The van der Waals surface area contributed by atoms with Gasteiger partial charge in [-0.1, -0.05) is 32.0 Å². The predicted molar refractivity (Wildman–Crippen MR) is 120 cm³/mol. The van der Waals surface area contributed by atoms with Gasteiger partial charge in [0.2, 0.25) is 0 Å². The number of benzene rings is 1. The summed E-state index contributed by atoms with van der Waals surface area (Å²) in [5.41, 5.74) is 3.27. The van der Waals surface area contributed by atoms with Crippen LogP contribution in [0.15, 0.2) is 18.2 Å². The number of urea groups is 1. The Bertz CT molecular complexity index is 686. The average molecular weight is 420 g/mol. The van der Waals surface area contributed by atoms with Gasteiger partial charge in [-0.2, -0.15) is 0 Å². The van der Waals surface area contributed by atoms with E-state index in [9.17, 15) is 4.79 Å². The second kappa shape index (κ2) is 10.8. The maximum absolute atomic E-state index is 13.1. The monoisotopic (exact) mass is 419 g/mol. The van der Waals surface area contributed by atoms with Crippen molar-refractivity contribution < 1.29 is 9.53 Å². The minimum Gasteiger partial charge on any atom is -0.379 e. The minimum atomic E-state index is -0.115. The summed E-state index contributed by atoms with van der Waals surface area (Å²) in [7, 11) is 0. The first-order valence-corrected chi connectivity index (χ1v) is 11.1. The van der Waals surface area contributed by atoms with Crippen LogP contribution in [0.25, 0.3) is 0 Å². The second-order valence-electron chi connectivity index (χ2n) is 7.37. The van der Waals surface area contributed by atoms with Gasteiger partial charge in [0.05, 0.1) is 13.2 Å². The summed E-state index contributed by atoms with van der Waals surface area (Å²) in [6.07, 6.45) is 2.68. The van der Waals surface area contributed by atoms with Crippen LogP contribution in [-0.4, -0.2) is 78.5 Å². The van der Waals surface area contributed by atoms with E-state index in [1.54, 1.807) is 5.01 Å². The molecular formula is C21H33N5O2S. The van der Waals surface area contributed by atoms with Crippen molar-refractivity contribution in [2.75, 3.05) is 57.8 Å². The summed E-state index contributed by atoms with van der Waals surface area (Å²) in [6.45, 7) is 10.9. The predicted octanol–water partition coefficient (Wildman–Crippen LogP) is 2.47. The number of anilines is 1. The van der Waals surface area contributed by atoms with E-state index in [-0.39, 0.29) is 6.03 Å². The number of carbonyl (C=O) groups is 1. The van der Waals surface area contributed by atoms with E-state index in [4.69, 9.17) is 17.0 Å². The largest absolute Gasteiger partial charge is 0.379 e. The normalized spacial score (nSPS) is 17.4. The van der Waals surface area contributed by atoms with Crippen molar-refractivity contribution in [2.45, 2.75) is 33.1 Å². The smallest absolute Gasteiger partial charge is 0.340 e. The second-order valence-corrected chi connectivity index (χ2v) is 7.76. The number of nitrogens with zero attached hydrogens (tertiary/aromatic N) is 3. The van der Waals surface area contributed by atoms with Gasteiger partial charge in [0, 0.05) is 45.0 Å². The molecule has 0 radical (unpaired) electrons. The molecule has 0 atom stereocenters. The van der Waals surface area contributed by atoms with Crippen LogP contribution >= 0.6 is 12.2 Å². The highest BCUT2D eigenvalue weighted by Gasteiger charge is 2.29. The van der Waals surface area contributed by atoms with Crippen LogP contribution in [0.1, 0.15) is 31.4 Å². The molecule has 2 aliphatic rings. The van der Waals surface area contributed by atoms with Gasteiger partial charge >= 0.3 is 6.03 Å². The Labute approximate surface area is 179 Å². The molecule has 0 unspecified atom stereocenters. The number of hydrogen-bond acceptors (Lipinski definition) is 4. The number of thiocarbonyl (C=S) groups is 1. The molecule has 0 saturated carbocycles. The molecule has 2 amide bonds. The Hall–Kier alpha value is -1.90. The zero-order valence-corrected chi connectivity index (χ0v) is 18.4. The average Bonchev–Trinajstić information content (AvgIpc) is 3.25. The quantitative estimate of drug-likeness (QED) is 0.691. The van der Waals surface area contributed by atoms with Crippen molar-refractivity contribution >= 4 is 29.0 Å². The van der Waals surface area contributed by atoms with Crippen LogP contribution in [-0.2, 0) is 17.6 Å². The van der Waals surface area contributed by atoms with Crippen molar-refractivity contribution in [1.29, 1.82) is 0 Å². The molecule has 8 heteroatoms. The van der Waals surface area contributed by atoms with E-state index in [2.05, 4.69) is 47.6 Å². The summed E-state index contributed by atoms with van der Waals surface area (Å²) >= 11 is 5.59. The Morgan fingerprint density at radius 2 is 1.72 bits per heavy atom. The minimum absolute atomic E-state index is 0.115. The number of amides is 2.